The van der Waals surface area contributed by atoms with E-state index in [0.29, 0.717) is 13.1 Å². The Morgan fingerprint density at radius 2 is 0.828 bits per heavy atom. The molecule has 0 radical (unpaired) electrons. The molecule has 1 heterocycles. The molecule has 0 aromatic rings. The van der Waals surface area contributed by atoms with Crippen molar-refractivity contribution < 1.29 is 9.59 Å². The van der Waals surface area contributed by atoms with E-state index >= 15 is 0 Å². The number of hydrogen-bond acceptors (Lipinski definition) is 6. The molecule has 1 fully saturated rings. The lowest BCUT2D eigenvalue weighted by molar-refractivity contribution is -0.129. The molecular weight excluding hydrogens is 368 g/mol. The van der Waals surface area contributed by atoms with E-state index in [0.717, 1.165) is 78.5 Å². The van der Waals surface area contributed by atoms with Crippen LogP contribution in [0.1, 0.15) is 34.1 Å². The molecule has 170 valence electrons. The quantitative estimate of drug-likeness (QED) is 0.629. The lowest BCUT2D eigenvalue weighted by Crippen LogP contribution is -2.43. The molecule has 1 saturated heterocycles. The van der Waals surface area contributed by atoms with E-state index in [1.807, 2.05) is 0 Å². The van der Waals surface area contributed by atoms with Gasteiger partial charge in [-0.15, -0.1) is 0 Å². The van der Waals surface area contributed by atoms with E-state index in [9.17, 15) is 9.59 Å². The third-order valence-electron chi connectivity index (χ3n) is 5.81. The number of amides is 2. The molecule has 0 unspecified atom stereocenters. The van der Waals surface area contributed by atoms with Crippen LogP contribution in [0.25, 0.3) is 0 Å². The molecule has 8 heteroatoms. The smallest absolute Gasteiger partial charge is 0.229 e. The summed E-state index contributed by atoms with van der Waals surface area (Å²) in [5, 5.41) is 5.76. The minimum Gasteiger partial charge on any atom is -0.354 e. The van der Waals surface area contributed by atoms with Crippen molar-refractivity contribution in [1.82, 2.24) is 30.2 Å². The first-order valence-corrected chi connectivity index (χ1v) is 11.4. The SMILES string of the molecule is CCN1CCNC(=O)CC(=O)NCCN(CC)CCN(CC)CCN(CC)CC1. The van der Waals surface area contributed by atoms with Crippen LogP contribution in [-0.4, -0.2) is 123 Å². The van der Waals surface area contributed by atoms with Crippen LogP contribution >= 0.6 is 0 Å². The van der Waals surface area contributed by atoms with Crippen molar-refractivity contribution in [1.29, 1.82) is 0 Å². The van der Waals surface area contributed by atoms with Gasteiger partial charge in [0.1, 0.15) is 6.42 Å². The Morgan fingerprint density at radius 3 is 1.10 bits per heavy atom. The topological polar surface area (TPSA) is 71.2 Å². The minimum absolute atomic E-state index is 0.0918. The molecule has 1 aliphatic heterocycles. The van der Waals surface area contributed by atoms with Gasteiger partial charge in [0, 0.05) is 65.4 Å². The van der Waals surface area contributed by atoms with Crippen molar-refractivity contribution in [2.75, 3.05) is 91.6 Å². The van der Waals surface area contributed by atoms with Crippen LogP contribution in [0.15, 0.2) is 0 Å². The fraction of sp³-hybridized carbons (Fsp3) is 0.905. The molecule has 2 amide bonds. The van der Waals surface area contributed by atoms with Gasteiger partial charge >= 0.3 is 0 Å². The van der Waals surface area contributed by atoms with E-state index < -0.39 is 0 Å². The minimum atomic E-state index is -0.197. The van der Waals surface area contributed by atoms with Gasteiger partial charge in [-0.1, -0.05) is 27.7 Å². The Morgan fingerprint density at radius 1 is 0.552 bits per heavy atom. The van der Waals surface area contributed by atoms with Gasteiger partial charge in [0.2, 0.25) is 11.8 Å². The normalized spacial score (nSPS) is 22.3. The highest BCUT2D eigenvalue weighted by Crippen LogP contribution is 1.97. The van der Waals surface area contributed by atoms with Crippen molar-refractivity contribution in [3.05, 3.63) is 0 Å². The number of carbonyl (C=O) groups is 2. The summed E-state index contributed by atoms with van der Waals surface area (Å²) in [6.45, 7) is 21.8. The van der Waals surface area contributed by atoms with E-state index in [1.54, 1.807) is 0 Å². The molecular formula is C21H44N6O2. The van der Waals surface area contributed by atoms with Crippen molar-refractivity contribution in [2.24, 2.45) is 0 Å². The molecule has 8 nitrogen and oxygen atoms in total. The molecule has 0 spiro atoms. The number of nitrogens with one attached hydrogen (secondary N) is 2. The number of carbonyl (C=O) groups excluding carboxylic acids is 2. The van der Waals surface area contributed by atoms with Gasteiger partial charge < -0.3 is 30.2 Å². The summed E-state index contributed by atoms with van der Waals surface area (Å²) < 4.78 is 0. The van der Waals surface area contributed by atoms with Crippen LogP contribution < -0.4 is 10.6 Å². The van der Waals surface area contributed by atoms with E-state index in [2.05, 4.69) is 57.9 Å². The summed E-state index contributed by atoms with van der Waals surface area (Å²) in [6, 6.07) is 0. The summed E-state index contributed by atoms with van der Waals surface area (Å²) >= 11 is 0. The van der Waals surface area contributed by atoms with Gasteiger partial charge in [0.05, 0.1) is 0 Å². The highest BCUT2D eigenvalue weighted by molar-refractivity contribution is 5.96. The van der Waals surface area contributed by atoms with Gasteiger partial charge in [-0.2, -0.15) is 0 Å². The predicted octanol–water partition coefficient (Wildman–Crippen LogP) is -0.0899. The van der Waals surface area contributed by atoms with Gasteiger partial charge in [0.15, 0.2) is 0 Å². The zero-order valence-corrected chi connectivity index (χ0v) is 19.2. The summed E-state index contributed by atoms with van der Waals surface area (Å²) in [6.07, 6.45) is -0.0918. The molecule has 0 aromatic carbocycles. The van der Waals surface area contributed by atoms with Crippen LogP contribution in [0.4, 0.5) is 0 Å². The summed E-state index contributed by atoms with van der Waals surface area (Å²) in [7, 11) is 0. The van der Waals surface area contributed by atoms with Gasteiger partial charge in [-0.05, 0) is 26.2 Å². The van der Waals surface area contributed by atoms with E-state index in [-0.39, 0.29) is 18.2 Å². The second-order valence-corrected chi connectivity index (χ2v) is 7.61. The number of likely N-dealkylation sites (N-methyl/N-ethyl adjacent to an activating group) is 4. The maximum Gasteiger partial charge on any atom is 0.229 e. The van der Waals surface area contributed by atoms with Crippen LogP contribution in [0.5, 0.6) is 0 Å². The third kappa shape index (κ3) is 11.5. The van der Waals surface area contributed by atoms with Gasteiger partial charge in [0.25, 0.3) is 0 Å². The number of hydrogen-bond donors (Lipinski definition) is 2. The van der Waals surface area contributed by atoms with Crippen molar-refractivity contribution >= 4 is 11.8 Å². The zero-order chi connectivity index (χ0) is 21.5. The molecule has 0 aromatic heterocycles. The molecule has 1 rings (SSSR count). The predicted molar refractivity (Wildman–Crippen MR) is 119 cm³/mol. The average Bonchev–Trinajstić information content (AvgIpc) is 2.72. The van der Waals surface area contributed by atoms with Crippen molar-refractivity contribution in [3.63, 3.8) is 0 Å². The maximum absolute atomic E-state index is 12.0. The fourth-order valence-electron chi connectivity index (χ4n) is 3.54. The first-order chi connectivity index (χ1) is 14.0. The lowest BCUT2D eigenvalue weighted by atomic mass is 10.3. The molecule has 1 aliphatic rings. The molecule has 0 atom stereocenters. The lowest BCUT2D eigenvalue weighted by Gasteiger charge is -2.30. The Balaban J connectivity index is 2.69. The van der Waals surface area contributed by atoms with Crippen LogP contribution in [0.2, 0.25) is 0 Å². The Bertz CT molecular complexity index is 422. The van der Waals surface area contributed by atoms with Crippen molar-refractivity contribution in [2.45, 2.75) is 34.1 Å². The Hall–Kier alpha value is -1.22. The second-order valence-electron chi connectivity index (χ2n) is 7.61. The summed E-state index contributed by atoms with van der Waals surface area (Å²) in [5.41, 5.74) is 0. The Labute approximate surface area is 177 Å². The molecule has 0 aliphatic carbocycles. The van der Waals surface area contributed by atoms with Crippen LogP contribution in [0.3, 0.4) is 0 Å². The zero-order valence-electron chi connectivity index (χ0n) is 19.2. The Kier molecular flexibility index (Phi) is 13.9. The first kappa shape index (κ1) is 25.8. The number of rotatable bonds is 4. The van der Waals surface area contributed by atoms with Crippen LogP contribution in [0, 0.1) is 0 Å². The second kappa shape index (κ2) is 15.6. The van der Waals surface area contributed by atoms with Gasteiger partial charge in [-0.3, -0.25) is 9.59 Å². The van der Waals surface area contributed by atoms with Crippen molar-refractivity contribution in [3.8, 4) is 0 Å². The fourth-order valence-corrected chi connectivity index (χ4v) is 3.54. The molecule has 0 bridgehead atoms. The largest absolute Gasteiger partial charge is 0.354 e. The molecule has 2 N–H and O–H groups in total. The van der Waals surface area contributed by atoms with E-state index in [1.165, 1.54) is 0 Å². The van der Waals surface area contributed by atoms with Crippen LogP contribution in [-0.2, 0) is 9.59 Å². The van der Waals surface area contributed by atoms with Gasteiger partial charge in [-0.25, -0.2) is 0 Å². The highest BCUT2D eigenvalue weighted by Gasteiger charge is 2.13. The average molecular weight is 413 g/mol. The maximum atomic E-state index is 12.0. The monoisotopic (exact) mass is 412 g/mol. The number of nitrogens with zero attached hydrogens (tertiary/aromatic N) is 4. The standard InChI is InChI=1S/C21H44N6O2/c1-5-24-11-9-22-20(28)19-21(29)23-10-12-25(6-2)14-16-27(8-4)18-17-26(7-3)15-13-24/h5-19H2,1-4H3,(H,22,28)(H,23,29). The van der Waals surface area contributed by atoms with E-state index in [4.69, 9.17) is 0 Å². The molecule has 0 saturated carbocycles. The molecule has 29 heavy (non-hydrogen) atoms. The summed E-state index contributed by atoms with van der Waals surface area (Å²) in [4.78, 5) is 33.7. The highest BCUT2D eigenvalue weighted by atomic mass is 16.2. The first-order valence-electron chi connectivity index (χ1n) is 11.4. The third-order valence-corrected chi connectivity index (χ3v) is 5.81. The summed E-state index contributed by atoms with van der Waals surface area (Å²) in [5.74, 6) is -0.393.